The molecule has 1 aromatic carbocycles. The van der Waals surface area contributed by atoms with Crippen molar-refractivity contribution < 1.29 is 14.5 Å². The van der Waals surface area contributed by atoms with Gasteiger partial charge in [0, 0.05) is 12.1 Å². The monoisotopic (exact) mass is 344 g/mol. The molecule has 0 aliphatic rings. The van der Waals surface area contributed by atoms with Crippen LogP contribution in [0.4, 0.5) is 22.0 Å². The zero-order valence-corrected chi connectivity index (χ0v) is 13.6. The number of nitrogens with zero attached hydrogens (tertiary/aromatic N) is 4. The first kappa shape index (κ1) is 17.8. The lowest BCUT2D eigenvalue weighted by atomic mass is 10.2. The number of nitrogens with one attached hydrogen (secondary N) is 2. The van der Waals surface area contributed by atoms with E-state index in [1.165, 1.54) is 24.7 Å². The summed E-state index contributed by atoms with van der Waals surface area (Å²) in [6.07, 6.45) is 2.17. The van der Waals surface area contributed by atoms with E-state index in [1.807, 2.05) is 0 Å². The smallest absolute Gasteiger partial charge is 0.411 e. The molecule has 0 atom stereocenters. The summed E-state index contributed by atoms with van der Waals surface area (Å²) in [6.45, 7) is 3.63. The van der Waals surface area contributed by atoms with Gasteiger partial charge in [0.25, 0.3) is 5.69 Å². The van der Waals surface area contributed by atoms with Crippen LogP contribution >= 0.6 is 0 Å². The number of ether oxygens (including phenoxy) is 1. The van der Waals surface area contributed by atoms with Crippen molar-refractivity contribution in [1.29, 1.82) is 0 Å². The highest BCUT2D eigenvalue weighted by atomic mass is 16.6. The molecule has 0 aliphatic heterocycles. The van der Waals surface area contributed by atoms with Crippen LogP contribution in [0.25, 0.3) is 0 Å². The number of aromatic nitrogens is 2. The van der Waals surface area contributed by atoms with E-state index in [1.54, 1.807) is 26.0 Å². The molecule has 10 nitrogen and oxygen atoms in total. The zero-order valence-electron chi connectivity index (χ0n) is 13.6. The summed E-state index contributed by atoms with van der Waals surface area (Å²) >= 11 is 0. The maximum absolute atomic E-state index is 11.6. The molecular formula is C15H16N6O4. The highest BCUT2D eigenvalue weighted by Gasteiger charge is 2.12. The van der Waals surface area contributed by atoms with E-state index in [-0.39, 0.29) is 12.3 Å². The number of nitro groups is 1. The lowest BCUT2D eigenvalue weighted by molar-refractivity contribution is -0.384. The number of aryl methyl sites for hydroxylation is 1. The Morgan fingerprint density at radius 3 is 2.72 bits per heavy atom. The second kappa shape index (κ2) is 8.34. The lowest BCUT2D eigenvalue weighted by Gasteiger charge is -2.11. The Hall–Kier alpha value is -3.56. The first-order valence-electron chi connectivity index (χ1n) is 7.30. The number of hydrogen-bond acceptors (Lipinski definition) is 8. The van der Waals surface area contributed by atoms with E-state index < -0.39 is 11.0 Å². The third-order valence-electron chi connectivity index (χ3n) is 3.03. The first-order valence-corrected chi connectivity index (χ1v) is 7.30. The van der Waals surface area contributed by atoms with E-state index in [2.05, 4.69) is 25.8 Å². The minimum Gasteiger partial charge on any atom is -0.450 e. The van der Waals surface area contributed by atoms with Crippen LogP contribution in [0.15, 0.2) is 35.7 Å². The number of anilines is 2. The van der Waals surface area contributed by atoms with Gasteiger partial charge in [0.05, 0.1) is 23.4 Å². The van der Waals surface area contributed by atoms with Crippen molar-refractivity contribution in [3.8, 4) is 0 Å². The molecule has 0 radical (unpaired) electrons. The number of rotatable bonds is 6. The highest BCUT2D eigenvalue weighted by Crippen LogP contribution is 2.21. The lowest BCUT2D eigenvalue weighted by Crippen LogP contribution is -2.16. The molecule has 130 valence electrons. The highest BCUT2D eigenvalue weighted by molar-refractivity contribution is 5.89. The summed E-state index contributed by atoms with van der Waals surface area (Å²) in [4.78, 5) is 29.8. The third kappa shape index (κ3) is 4.96. The predicted octanol–water partition coefficient (Wildman–Crippen LogP) is 2.71. The van der Waals surface area contributed by atoms with Crippen molar-refractivity contribution >= 4 is 29.5 Å². The van der Waals surface area contributed by atoms with Crippen LogP contribution in [0.1, 0.15) is 18.2 Å². The van der Waals surface area contributed by atoms with Gasteiger partial charge in [-0.2, -0.15) is 5.10 Å². The summed E-state index contributed by atoms with van der Waals surface area (Å²) in [6, 6.07) is 5.88. The largest absolute Gasteiger partial charge is 0.450 e. The van der Waals surface area contributed by atoms with Gasteiger partial charge in [0.2, 0.25) is 0 Å². The van der Waals surface area contributed by atoms with E-state index in [4.69, 9.17) is 4.74 Å². The molecule has 25 heavy (non-hydrogen) atoms. The number of carbonyl (C=O) groups excluding carboxylic acids is 1. The molecule has 0 bridgehead atoms. The van der Waals surface area contributed by atoms with Crippen LogP contribution in [0.2, 0.25) is 0 Å². The Morgan fingerprint density at radius 2 is 2.08 bits per heavy atom. The van der Waals surface area contributed by atoms with Gasteiger partial charge in [-0.3, -0.25) is 20.9 Å². The van der Waals surface area contributed by atoms with Crippen molar-refractivity contribution in [2.24, 2.45) is 5.10 Å². The van der Waals surface area contributed by atoms with Crippen LogP contribution < -0.4 is 10.7 Å². The molecule has 0 saturated carbocycles. The van der Waals surface area contributed by atoms with E-state index in [0.29, 0.717) is 22.8 Å². The molecule has 0 fully saturated rings. The average molecular weight is 344 g/mol. The standard InChI is InChI=1S/C15H16N6O4/c1-3-25-15(22)19-13-10(2)16-9-17-14(13)20-18-8-11-4-6-12(7-5-11)21(23)24/h4-9H,3H2,1-2H3,(H,19,22)(H,16,17,20)/b18-8+. The predicted molar refractivity (Wildman–Crippen MR) is 91.7 cm³/mol. The van der Waals surface area contributed by atoms with Gasteiger partial charge in [-0.1, -0.05) is 0 Å². The zero-order chi connectivity index (χ0) is 18.2. The van der Waals surface area contributed by atoms with E-state index in [9.17, 15) is 14.9 Å². The molecule has 1 heterocycles. The van der Waals surface area contributed by atoms with Crippen LogP contribution in [-0.2, 0) is 4.74 Å². The van der Waals surface area contributed by atoms with Gasteiger partial charge in [-0.25, -0.2) is 14.8 Å². The molecule has 2 aromatic rings. The fourth-order valence-corrected chi connectivity index (χ4v) is 1.83. The number of nitro benzene ring substituents is 1. The molecular weight excluding hydrogens is 328 g/mol. The van der Waals surface area contributed by atoms with Gasteiger partial charge in [-0.05, 0) is 31.5 Å². The fourth-order valence-electron chi connectivity index (χ4n) is 1.83. The van der Waals surface area contributed by atoms with Crippen molar-refractivity contribution in [3.05, 3.63) is 52.0 Å². The number of amides is 1. The second-order valence-electron chi connectivity index (χ2n) is 4.75. The second-order valence-corrected chi connectivity index (χ2v) is 4.75. The van der Waals surface area contributed by atoms with Gasteiger partial charge < -0.3 is 4.74 Å². The van der Waals surface area contributed by atoms with Gasteiger partial charge in [0.15, 0.2) is 5.82 Å². The number of hydrazone groups is 1. The van der Waals surface area contributed by atoms with Crippen molar-refractivity contribution in [2.45, 2.75) is 13.8 Å². The molecule has 2 rings (SSSR count). The van der Waals surface area contributed by atoms with Crippen LogP contribution in [0.3, 0.4) is 0 Å². The minimum absolute atomic E-state index is 0.00235. The van der Waals surface area contributed by atoms with Crippen LogP contribution in [0.5, 0.6) is 0 Å². The van der Waals surface area contributed by atoms with Crippen LogP contribution in [0, 0.1) is 17.0 Å². The topological polar surface area (TPSA) is 132 Å². The van der Waals surface area contributed by atoms with Gasteiger partial charge in [0.1, 0.15) is 12.0 Å². The Labute approximate surface area is 143 Å². The van der Waals surface area contributed by atoms with E-state index >= 15 is 0 Å². The third-order valence-corrected chi connectivity index (χ3v) is 3.03. The Morgan fingerprint density at radius 1 is 1.36 bits per heavy atom. The molecule has 0 saturated heterocycles. The summed E-state index contributed by atoms with van der Waals surface area (Å²) in [5.74, 6) is 0.290. The molecule has 1 amide bonds. The maximum atomic E-state index is 11.6. The number of carbonyl (C=O) groups is 1. The SMILES string of the molecule is CCOC(=O)Nc1c(C)ncnc1N/N=C/c1ccc([N+](=O)[O-])cc1. The van der Waals surface area contributed by atoms with Gasteiger partial charge >= 0.3 is 6.09 Å². The van der Waals surface area contributed by atoms with Crippen molar-refractivity contribution in [2.75, 3.05) is 17.3 Å². The van der Waals surface area contributed by atoms with Crippen molar-refractivity contribution in [3.63, 3.8) is 0 Å². The van der Waals surface area contributed by atoms with Crippen LogP contribution in [-0.4, -0.2) is 33.8 Å². The van der Waals surface area contributed by atoms with Crippen molar-refractivity contribution in [1.82, 2.24) is 9.97 Å². The molecule has 2 N–H and O–H groups in total. The number of non-ortho nitro benzene ring substituents is 1. The summed E-state index contributed by atoms with van der Waals surface area (Å²) in [7, 11) is 0. The van der Waals surface area contributed by atoms with E-state index in [0.717, 1.165) is 0 Å². The summed E-state index contributed by atoms with van der Waals surface area (Å²) in [5.41, 5.74) is 4.24. The summed E-state index contributed by atoms with van der Waals surface area (Å²) in [5, 5.41) is 17.2. The first-order chi connectivity index (χ1) is 12.0. The molecule has 1 aromatic heterocycles. The molecule has 0 aliphatic carbocycles. The summed E-state index contributed by atoms with van der Waals surface area (Å²) < 4.78 is 4.83. The molecule has 10 heteroatoms. The Kier molecular flexibility index (Phi) is 5.93. The van der Waals surface area contributed by atoms with Gasteiger partial charge in [-0.15, -0.1) is 0 Å². The number of hydrogen-bond donors (Lipinski definition) is 2. The Balaban J connectivity index is 2.10. The molecule has 0 unspecified atom stereocenters. The quantitative estimate of drug-likeness (QED) is 0.468. The number of benzene rings is 1. The maximum Gasteiger partial charge on any atom is 0.411 e. The normalized spacial score (nSPS) is 10.5. The Bertz CT molecular complexity index is 791. The molecule has 0 spiro atoms. The average Bonchev–Trinajstić information content (AvgIpc) is 2.58. The minimum atomic E-state index is -0.622. The fraction of sp³-hybridized carbons (Fsp3) is 0.200.